The van der Waals surface area contributed by atoms with Crippen LogP contribution >= 0.6 is 7.41 Å². The van der Waals surface area contributed by atoms with E-state index in [0.29, 0.717) is 5.69 Å². The van der Waals surface area contributed by atoms with Crippen LogP contribution in [0, 0.1) is 10.1 Å². The summed E-state index contributed by atoms with van der Waals surface area (Å²) in [6.45, 7) is 1.93. The van der Waals surface area contributed by atoms with Crippen molar-refractivity contribution < 1.29 is 9.13 Å². The number of non-ortho nitro benzene ring substituents is 1. The topological polar surface area (TPSA) is 97.3 Å². The van der Waals surface area contributed by atoms with Gasteiger partial charge in [0.25, 0.3) is 5.69 Å². The van der Waals surface area contributed by atoms with Gasteiger partial charge in [-0.2, -0.15) is 5.11 Å². The highest BCUT2D eigenvalue weighted by Crippen LogP contribution is 2.63. The van der Waals surface area contributed by atoms with E-state index in [-0.39, 0.29) is 5.69 Å². The first-order chi connectivity index (χ1) is 14.7. The second-order valence-electron chi connectivity index (χ2n) is 7.24. The van der Waals surface area contributed by atoms with E-state index in [1.54, 1.807) is 24.6 Å². The molecule has 3 aromatic carbocycles. The predicted molar refractivity (Wildman–Crippen MR) is 129 cm³/mol. The number of hydrogen-bond donors (Lipinski definition) is 0. The van der Waals surface area contributed by atoms with Crippen LogP contribution in [0.2, 0.25) is 0 Å². The van der Waals surface area contributed by atoms with E-state index < -0.39 is 27.8 Å². The molecule has 0 N–H and O–H groups in total. The van der Waals surface area contributed by atoms with Crippen LogP contribution in [0.3, 0.4) is 0 Å². The molecule has 0 fully saturated rings. The molecule has 3 aromatic rings. The lowest BCUT2D eigenvalue weighted by Gasteiger charge is -2.25. The number of nitro benzene ring substituents is 1. The van der Waals surface area contributed by atoms with Crippen molar-refractivity contribution >= 4 is 39.1 Å². The van der Waals surface area contributed by atoms with Crippen LogP contribution < -0.4 is 10.6 Å². The molecule has 160 valence electrons. The first-order valence-corrected chi connectivity index (χ1v) is 13.7. The number of hydrogen-bond acceptors (Lipinski definition) is 6. The Labute approximate surface area is 183 Å². The molecule has 3 rings (SSSR count). The Morgan fingerprint density at radius 2 is 1.35 bits per heavy atom. The molecule has 0 saturated heterocycles. The third-order valence-corrected chi connectivity index (χ3v) is 10.5. The maximum atomic E-state index is 13.0. The van der Waals surface area contributed by atoms with Gasteiger partial charge in [-0.3, -0.25) is 10.1 Å². The Balaban J connectivity index is 2.15. The van der Waals surface area contributed by atoms with E-state index in [1.807, 2.05) is 67.6 Å². The quantitative estimate of drug-likeness (QED) is 0.208. The van der Waals surface area contributed by atoms with Crippen LogP contribution in [0.5, 0.6) is 0 Å². The fraction of sp³-hybridized carbons (Fsp3) is 0.182. The second-order valence-corrected chi connectivity index (χ2v) is 13.4. The van der Waals surface area contributed by atoms with Crippen LogP contribution in [0.25, 0.3) is 0 Å². The molecule has 0 saturated carbocycles. The SMILES string of the molecule is C[C@@H](N=Nc1ccc([N+](=O)[O-])cc1)[P+](N=S(C)(C)=O)(c1ccccc1)c1ccccc1. The van der Waals surface area contributed by atoms with E-state index in [2.05, 4.69) is 10.2 Å². The first-order valence-electron chi connectivity index (χ1n) is 9.56. The molecule has 0 aliphatic heterocycles. The number of nitro groups is 1. The number of benzene rings is 3. The summed E-state index contributed by atoms with van der Waals surface area (Å²) < 4.78 is 17.9. The van der Waals surface area contributed by atoms with Gasteiger partial charge < -0.3 is 0 Å². The van der Waals surface area contributed by atoms with E-state index in [0.717, 1.165) is 10.6 Å². The molecule has 0 bridgehead atoms. The molecule has 0 aliphatic rings. The summed E-state index contributed by atoms with van der Waals surface area (Å²) in [5.74, 6) is -0.395. The Hall–Kier alpha value is -2.96. The fourth-order valence-corrected chi connectivity index (χ4v) is 9.63. The van der Waals surface area contributed by atoms with Gasteiger partial charge in [-0.1, -0.05) is 40.5 Å². The fourth-order valence-electron chi connectivity index (χ4n) is 3.23. The van der Waals surface area contributed by atoms with Gasteiger partial charge in [-0.05, 0) is 43.3 Å². The van der Waals surface area contributed by atoms with E-state index in [9.17, 15) is 14.3 Å². The third-order valence-electron chi connectivity index (χ3n) is 4.57. The third kappa shape index (κ3) is 5.40. The van der Waals surface area contributed by atoms with Crippen LogP contribution in [0.1, 0.15) is 6.92 Å². The van der Waals surface area contributed by atoms with Crippen LogP contribution in [-0.2, 0) is 9.73 Å². The average Bonchev–Trinajstić information content (AvgIpc) is 2.76. The molecule has 0 spiro atoms. The summed E-state index contributed by atoms with van der Waals surface area (Å²) in [5.41, 5.74) is 0.500. The van der Waals surface area contributed by atoms with Crippen molar-refractivity contribution in [2.45, 2.75) is 12.7 Å². The van der Waals surface area contributed by atoms with E-state index >= 15 is 0 Å². The van der Waals surface area contributed by atoms with Crippen molar-refractivity contribution in [1.82, 2.24) is 0 Å². The zero-order valence-electron chi connectivity index (χ0n) is 17.5. The van der Waals surface area contributed by atoms with Gasteiger partial charge in [0, 0.05) is 24.6 Å². The summed E-state index contributed by atoms with van der Waals surface area (Å²) in [6, 6.07) is 25.5. The predicted octanol–water partition coefficient (Wildman–Crippen LogP) is 5.34. The standard InChI is InChI=1S/C22H24N4O3PS/c1-18(23-24-19-14-16-20(17-15-19)26(27)28)30(25-31(2,3)29,21-10-6-4-7-11-21)22-12-8-5-9-13-22/h4-18H,1-3H3/q+1/t18-/m0/s1. The van der Waals surface area contributed by atoms with Crippen LogP contribution in [0.4, 0.5) is 11.4 Å². The molecule has 0 amide bonds. The van der Waals surface area contributed by atoms with Gasteiger partial charge in [0.1, 0.15) is 10.6 Å². The molecular formula is C22H24N4O3PS+. The average molecular weight is 456 g/mol. The van der Waals surface area contributed by atoms with Gasteiger partial charge in [0.15, 0.2) is 0 Å². The summed E-state index contributed by atoms with van der Waals surface area (Å²) in [7, 11) is -5.07. The second kappa shape index (κ2) is 9.45. The summed E-state index contributed by atoms with van der Waals surface area (Å²) >= 11 is 0. The molecule has 1 atom stereocenters. The lowest BCUT2D eigenvalue weighted by molar-refractivity contribution is -0.384. The molecule has 0 unspecified atom stereocenters. The van der Waals surface area contributed by atoms with Gasteiger partial charge in [-0.25, -0.2) is 4.21 Å². The summed E-state index contributed by atoms with van der Waals surface area (Å²) in [5, 5.41) is 21.7. The lowest BCUT2D eigenvalue weighted by Crippen LogP contribution is -2.28. The van der Waals surface area contributed by atoms with Crippen molar-refractivity contribution in [3.8, 4) is 0 Å². The Kier molecular flexibility index (Phi) is 6.93. The molecule has 0 aromatic heterocycles. The van der Waals surface area contributed by atoms with Crippen LogP contribution in [-0.4, -0.2) is 27.4 Å². The normalized spacial score (nSPS) is 13.1. The number of nitrogens with zero attached hydrogens (tertiary/aromatic N) is 4. The molecule has 0 radical (unpaired) electrons. The Morgan fingerprint density at radius 1 is 0.871 bits per heavy atom. The highest BCUT2D eigenvalue weighted by atomic mass is 32.2. The minimum absolute atomic E-state index is 0.00544. The minimum Gasteiger partial charge on any atom is -0.258 e. The lowest BCUT2D eigenvalue weighted by atomic mass is 10.3. The molecule has 31 heavy (non-hydrogen) atoms. The highest BCUT2D eigenvalue weighted by molar-refractivity contribution is 8.01. The van der Waals surface area contributed by atoms with E-state index in [1.165, 1.54) is 12.1 Å². The zero-order chi connectivity index (χ0) is 22.5. The Morgan fingerprint density at radius 3 is 1.77 bits per heavy atom. The molecule has 7 nitrogen and oxygen atoms in total. The van der Waals surface area contributed by atoms with Gasteiger partial charge in [0.05, 0.1) is 20.3 Å². The van der Waals surface area contributed by atoms with Gasteiger partial charge in [0.2, 0.25) is 13.2 Å². The largest absolute Gasteiger partial charge is 0.269 e. The number of rotatable bonds is 7. The first kappa shape index (κ1) is 22.7. The van der Waals surface area contributed by atoms with Crippen LogP contribution in [0.15, 0.2) is 99.3 Å². The van der Waals surface area contributed by atoms with Crippen molar-refractivity contribution in [2.75, 3.05) is 12.5 Å². The Bertz CT molecular complexity index is 1140. The minimum atomic E-state index is -2.59. The van der Waals surface area contributed by atoms with E-state index in [4.69, 9.17) is 4.13 Å². The number of azo groups is 1. The molecule has 9 heteroatoms. The van der Waals surface area contributed by atoms with Crippen molar-refractivity contribution in [2.24, 2.45) is 14.4 Å². The van der Waals surface area contributed by atoms with Crippen molar-refractivity contribution in [1.29, 1.82) is 0 Å². The van der Waals surface area contributed by atoms with Gasteiger partial charge in [-0.15, -0.1) is 5.11 Å². The molecule has 0 aliphatic carbocycles. The summed E-state index contributed by atoms with van der Waals surface area (Å²) in [4.78, 5) is 10.4. The molecule has 0 heterocycles. The smallest absolute Gasteiger partial charge is 0.258 e. The maximum Gasteiger partial charge on any atom is 0.269 e. The highest BCUT2D eigenvalue weighted by Gasteiger charge is 2.51. The van der Waals surface area contributed by atoms with Crippen molar-refractivity contribution in [3.05, 3.63) is 95.0 Å². The van der Waals surface area contributed by atoms with Crippen molar-refractivity contribution in [3.63, 3.8) is 0 Å². The maximum absolute atomic E-state index is 13.0. The summed E-state index contributed by atoms with van der Waals surface area (Å²) in [6.07, 6.45) is 3.27. The molecular weight excluding hydrogens is 431 g/mol. The zero-order valence-corrected chi connectivity index (χ0v) is 19.2. The van der Waals surface area contributed by atoms with Gasteiger partial charge >= 0.3 is 0 Å². The monoisotopic (exact) mass is 455 g/mol.